The van der Waals surface area contributed by atoms with Crippen LogP contribution in [0.25, 0.3) is 0 Å². The molecule has 0 aromatic rings. The summed E-state index contributed by atoms with van der Waals surface area (Å²) in [5.41, 5.74) is 1.17. The van der Waals surface area contributed by atoms with E-state index in [2.05, 4.69) is 24.5 Å². The largest absolute Gasteiger partial charge is 0.464 e. The summed E-state index contributed by atoms with van der Waals surface area (Å²) in [6.45, 7) is 12.3. The lowest BCUT2D eigenvalue weighted by Crippen LogP contribution is -2.42. The van der Waals surface area contributed by atoms with Crippen molar-refractivity contribution in [3.05, 3.63) is 11.3 Å². The van der Waals surface area contributed by atoms with Gasteiger partial charge in [0.2, 0.25) is 12.8 Å². The van der Waals surface area contributed by atoms with E-state index < -0.39 is 12.0 Å². The Labute approximate surface area is 206 Å². The van der Waals surface area contributed by atoms with Crippen molar-refractivity contribution in [1.29, 1.82) is 0 Å². The summed E-state index contributed by atoms with van der Waals surface area (Å²) in [5, 5.41) is 4.99. The van der Waals surface area contributed by atoms with Crippen LogP contribution < -0.4 is 10.6 Å². The lowest BCUT2D eigenvalue weighted by molar-refractivity contribution is -0.148. The van der Waals surface area contributed by atoms with E-state index in [0.29, 0.717) is 31.7 Å². The molecule has 0 aromatic carbocycles. The smallest absolute Gasteiger partial charge is 0.354 e. The lowest BCUT2D eigenvalue weighted by Gasteiger charge is -2.21. The van der Waals surface area contributed by atoms with Gasteiger partial charge in [-0.2, -0.15) is 0 Å². The van der Waals surface area contributed by atoms with E-state index in [9.17, 15) is 19.2 Å². The molecule has 0 aliphatic rings. The average Bonchev–Trinajstić information content (AvgIpc) is 2.81. The van der Waals surface area contributed by atoms with E-state index in [0.717, 1.165) is 37.7 Å². The highest BCUT2D eigenvalue weighted by molar-refractivity contribution is 5.91. The molecule has 0 bridgehead atoms. The van der Waals surface area contributed by atoms with E-state index in [1.807, 2.05) is 13.8 Å². The Morgan fingerprint density at radius 2 is 1.41 bits per heavy atom. The summed E-state index contributed by atoms with van der Waals surface area (Å²) >= 11 is 0. The van der Waals surface area contributed by atoms with Crippen LogP contribution in [0.5, 0.6) is 0 Å². The molecule has 8 heteroatoms. The molecule has 0 aromatic heterocycles. The Morgan fingerprint density at radius 1 is 0.824 bits per heavy atom. The molecule has 2 amide bonds. The summed E-state index contributed by atoms with van der Waals surface area (Å²) in [6, 6.07) is -0.505. The van der Waals surface area contributed by atoms with Gasteiger partial charge in [0.25, 0.3) is 0 Å². The fourth-order valence-corrected chi connectivity index (χ4v) is 3.39. The fraction of sp³-hybridized carbons (Fsp3) is 0.769. The van der Waals surface area contributed by atoms with Crippen molar-refractivity contribution >= 4 is 24.8 Å². The third kappa shape index (κ3) is 17.1. The van der Waals surface area contributed by atoms with Gasteiger partial charge in [0.15, 0.2) is 0 Å². The van der Waals surface area contributed by atoms with Crippen molar-refractivity contribution in [2.45, 2.75) is 112 Å². The molecule has 2 unspecified atom stereocenters. The highest BCUT2D eigenvalue weighted by atomic mass is 16.5. The first kappa shape index (κ1) is 33.8. The van der Waals surface area contributed by atoms with Crippen LogP contribution in [0.1, 0.15) is 106 Å². The number of hydrogen-bond acceptors (Lipinski definition) is 6. The number of unbranched alkanes of at least 4 members (excludes halogenated alkanes) is 6. The van der Waals surface area contributed by atoms with Crippen LogP contribution in [0.15, 0.2) is 11.3 Å². The predicted octanol–water partition coefficient (Wildman–Crippen LogP) is 4.81. The minimum atomic E-state index is -0.505. The standard InChI is InChI=1S/C13H25NO3.C13H23NO3/c2*1-4-6-7-8-9-11(3)12(14-10-15)13(16)17-5-2/h10-12H,4-9H2,1-3H3,(H,14,15);10H,4-9H2,1-3H3,(H,14,15)/b;12-11+. The molecule has 8 nitrogen and oxygen atoms in total. The fourth-order valence-electron chi connectivity index (χ4n) is 3.39. The minimum Gasteiger partial charge on any atom is -0.464 e. The number of esters is 2. The maximum Gasteiger partial charge on any atom is 0.354 e. The monoisotopic (exact) mass is 484 g/mol. The second-order valence-electron chi connectivity index (χ2n) is 8.29. The zero-order valence-corrected chi connectivity index (χ0v) is 22.2. The van der Waals surface area contributed by atoms with Crippen LogP contribution in [0, 0.1) is 5.92 Å². The van der Waals surface area contributed by atoms with Gasteiger partial charge in [-0.05, 0) is 51.5 Å². The molecule has 2 N–H and O–H groups in total. The molecule has 0 heterocycles. The van der Waals surface area contributed by atoms with Crippen molar-refractivity contribution in [1.82, 2.24) is 10.6 Å². The number of carbonyl (C=O) groups is 4. The molecule has 0 spiro atoms. The molecule has 0 saturated heterocycles. The molecule has 34 heavy (non-hydrogen) atoms. The molecule has 2 atom stereocenters. The summed E-state index contributed by atoms with van der Waals surface area (Å²) < 4.78 is 9.83. The van der Waals surface area contributed by atoms with Gasteiger partial charge in [0, 0.05) is 0 Å². The summed E-state index contributed by atoms with van der Waals surface area (Å²) in [4.78, 5) is 44.1. The van der Waals surface area contributed by atoms with Crippen molar-refractivity contribution in [3.63, 3.8) is 0 Å². The van der Waals surface area contributed by atoms with Gasteiger partial charge in [0.05, 0.1) is 13.2 Å². The number of carbonyl (C=O) groups excluding carboxylic acids is 4. The Hall–Kier alpha value is -2.38. The van der Waals surface area contributed by atoms with E-state index in [1.54, 1.807) is 13.8 Å². The molecule has 0 fully saturated rings. The molecule has 0 saturated carbocycles. The van der Waals surface area contributed by atoms with Crippen LogP contribution >= 0.6 is 0 Å². The topological polar surface area (TPSA) is 111 Å². The number of ether oxygens (including phenoxy) is 2. The van der Waals surface area contributed by atoms with E-state index in [1.165, 1.54) is 32.1 Å². The number of allylic oxidation sites excluding steroid dienone is 1. The SMILES string of the molecule is CCCCCC/C(C)=C(/NC=O)C(=O)OCC.CCCCCCC(C)C(NC=O)C(=O)OCC. The minimum absolute atomic E-state index is 0.121. The Balaban J connectivity index is 0. The quantitative estimate of drug-likeness (QED) is 0.118. The summed E-state index contributed by atoms with van der Waals surface area (Å²) in [6.07, 6.45) is 12.1. The third-order valence-electron chi connectivity index (χ3n) is 5.39. The predicted molar refractivity (Wildman–Crippen MR) is 135 cm³/mol. The maximum absolute atomic E-state index is 11.6. The normalized spacial score (nSPS) is 12.8. The van der Waals surface area contributed by atoms with Crippen molar-refractivity contribution in [2.75, 3.05) is 13.2 Å². The maximum atomic E-state index is 11.6. The van der Waals surface area contributed by atoms with Crippen LogP contribution in [-0.2, 0) is 28.7 Å². The second-order valence-corrected chi connectivity index (χ2v) is 8.29. The highest BCUT2D eigenvalue weighted by Crippen LogP contribution is 2.15. The van der Waals surface area contributed by atoms with Crippen molar-refractivity contribution < 1.29 is 28.7 Å². The van der Waals surface area contributed by atoms with Crippen LogP contribution in [0.2, 0.25) is 0 Å². The Morgan fingerprint density at radius 3 is 1.91 bits per heavy atom. The molecule has 0 aliphatic heterocycles. The van der Waals surface area contributed by atoms with Gasteiger partial charge in [-0.15, -0.1) is 0 Å². The molecule has 0 aliphatic carbocycles. The molecule has 0 radical (unpaired) electrons. The van der Waals surface area contributed by atoms with Crippen molar-refractivity contribution in [2.24, 2.45) is 5.92 Å². The first-order valence-corrected chi connectivity index (χ1v) is 12.8. The third-order valence-corrected chi connectivity index (χ3v) is 5.39. The molecule has 198 valence electrons. The number of rotatable bonds is 19. The van der Waals surface area contributed by atoms with Gasteiger partial charge >= 0.3 is 11.9 Å². The summed E-state index contributed by atoms with van der Waals surface area (Å²) in [7, 11) is 0. The molecular formula is C26H48N2O6. The van der Waals surface area contributed by atoms with Gasteiger partial charge in [-0.3, -0.25) is 9.59 Å². The lowest BCUT2D eigenvalue weighted by atomic mass is 9.95. The number of amides is 2. The van der Waals surface area contributed by atoms with E-state index >= 15 is 0 Å². The van der Waals surface area contributed by atoms with Crippen LogP contribution in [-0.4, -0.2) is 44.0 Å². The number of hydrogen-bond donors (Lipinski definition) is 2. The van der Waals surface area contributed by atoms with Crippen molar-refractivity contribution in [3.8, 4) is 0 Å². The number of nitrogens with one attached hydrogen (secondary N) is 2. The zero-order valence-electron chi connectivity index (χ0n) is 22.2. The average molecular weight is 485 g/mol. The molecular weight excluding hydrogens is 436 g/mol. The Bertz CT molecular complexity index is 592. The van der Waals surface area contributed by atoms with E-state index in [4.69, 9.17) is 9.47 Å². The van der Waals surface area contributed by atoms with Crippen LogP contribution in [0.3, 0.4) is 0 Å². The highest BCUT2D eigenvalue weighted by Gasteiger charge is 2.25. The first-order chi connectivity index (χ1) is 16.3. The van der Waals surface area contributed by atoms with Gasteiger partial charge in [-0.1, -0.05) is 65.7 Å². The van der Waals surface area contributed by atoms with Crippen LogP contribution in [0.4, 0.5) is 0 Å². The van der Waals surface area contributed by atoms with E-state index in [-0.39, 0.29) is 11.9 Å². The second kappa shape index (κ2) is 23.8. The first-order valence-electron chi connectivity index (χ1n) is 12.8. The Kier molecular flexibility index (Phi) is 23.6. The van der Waals surface area contributed by atoms with Gasteiger partial charge in [0.1, 0.15) is 11.7 Å². The van der Waals surface area contributed by atoms with Gasteiger partial charge < -0.3 is 20.1 Å². The van der Waals surface area contributed by atoms with Gasteiger partial charge in [-0.25, -0.2) is 9.59 Å². The molecule has 0 rings (SSSR count). The zero-order chi connectivity index (χ0) is 26.2. The summed E-state index contributed by atoms with van der Waals surface area (Å²) in [5.74, 6) is -0.661.